The summed E-state index contributed by atoms with van der Waals surface area (Å²) in [6, 6.07) is 24.0. The lowest BCUT2D eigenvalue weighted by Gasteiger charge is -2.16. The molecule has 0 aliphatic rings. The molecule has 0 fully saturated rings. The molecule has 2 N–H and O–H groups in total. The molecule has 7 nitrogen and oxygen atoms in total. The molecule has 3 rings (SSSR count). The average Bonchev–Trinajstić information content (AvgIpc) is 2.82. The highest BCUT2D eigenvalue weighted by Crippen LogP contribution is 2.27. The van der Waals surface area contributed by atoms with Crippen LogP contribution < -0.4 is 10.9 Å². The van der Waals surface area contributed by atoms with E-state index in [0.29, 0.717) is 22.3 Å². The number of rotatable bonds is 5. The molecule has 0 saturated carbocycles. The third kappa shape index (κ3) is 5.14. The predicted molar refractivity (Wildman–Crippen MR) is 114 cm³/mol. The number of hydrogen-bond acceptors (Lipinski definition) is 5. The lowest BCUT2D eigenvalue weighted by Crippen LogP contribution is -2.46. The van der Waals surface area contributed by atoms with Crippen molar-refractivity contribution < 1.29 is 19.1 Å². The van der Waals surface area contributed by atoms with E-state index in [1.165, 1.54) is 6.92 Å². The van der Waals surface area contributed by atoms with Gasteiger partial charge in [-0.25, -0.2) is 4.79 Å². The fourth-order valence-electron chi connectivity index (χ4n) is 2.87. The fraction of sp³-hybridized carbons (Fsp3) is 0.0833. The summed E-state index contributed by atoms with van der Waals surface area (Å²) < 4.78 is 5.29. The van der Waals surface area contributed by atoms with Gasteiger partial charge < -0.3 is 4.74 Å². The summed E-state index contributed by atoms with van der Waals surface area (Å²) >= 11 is 0. The molecule has 0 spiro atoms. The number of nitrogens with one attached hydrogen (secondary N) is 2. The van der Waals surface area contributed by atoms with E-state index in [1.807, 2.05) is 0 Å². The van der Waals surface area contributed by atoms with Crippen LogP contribution in [-0.2, 0) is 9.53 Å². The molecule has 31 heavy (non-hydrogen) atoms. The number of amides is 2. The fourth-order valence-corrected chi connectivity index (χ4v) is 2.87. The van der Waals surface area contributed by atoms with Crippen molar-refractivity contribution in [2.45, 2.75) is 13.0 Å². The highest BCUT2D eigenvalue weighted by Gasteiger charge is 2.22. The van der Waals surface area contributed by atoms with Crippen molar-refractivity contribution in [3.63, 3.8) is 0 Å². The first-order valence-corrected chi connectivity index (χ1v) is 9.46. The van der Waals surface area contributed by atoms with Gasteiger partial charge in [-0.05, 0) is 36.8 Å². The molecule has 0 heterocycles. The van der Waals surface area contributed by atoms with Gasteiger partial charge in [-0.3, -0.25) is 20.4 Å². The van der Waals surface area contributed by atoms with Gasteiger partial charge >= 0.3 is 5.97 Å². The summed E-state index contributed by atoms with van der Waals surface area (Å²) in [7, 11) is 0. The van der Waals surface area contributed by atoms with Crippen molar-refractivity contribution in [3.05, 3.63) is 95.6 Å². The van der Waals surface area contributed by atoms with Crippen molar-refractivity contribution >= 4 is 17.8 Å². The number of carbonyl (C=O) groups is 3. The summed E-state index contributed by atoms with van der Waals surface area (Å²) in [6.07, 6.45) is -1.16. The van der Waals surface area contributed by atoms with Gasteiger partial charge in [0.05, 0.1) is 17.2 Å². The van der Waals surface area contributed by atoms with E-state index in [4.69, 9.17) is 4.74 Å². The predicted octanol–water partition coefficient (Wildman–Crippen LogP) is 3.23. The number of ether oxygens (including phenoxy) is 1. The summed E-state index contributed by atoms with van der Waals surface area (Å²) in [5, 5.41) is 9.36. The highest BCUT2D eigenvalue weighted by molar-refractivity contribution is 6.00. The van der Waals surface area contributed by atoms with Crippen LogP contribution in [0.3, 0.4) is 0 Å². The lowest BCUT2D eigenvalue weighted by atomic mass is 9.96. The van der Waals surface area contributed by atoms with Crippen LogP contribution in [0.1, 0.15) is 33.2 Å². The van der Waals surface area contributed by atoms with Crippen molar-refractivity contribution in [2.75, 3.05) is 0 Å². The molecular formula is C24H19N3O4. The smallest absolute Gasteiger partial charge is 0.339 e. The largest absolute Gasteiger partial charge is 0.449 e. The zero-order chi connectivity index (χ0) is 22.2. The van der Waals surface area contributed by atoms with Crippen LogP contribution in [0.15, 0.2) is 78.9 Å². The van der Waals surface area contributed by atoms with Gasteiger partial charge in [0.2, 0.25) is 0 Å². The van der Waals surface area contributed by atoms with Gasteiger partial charge in [0, 0.05) is 11.1 Å². The monoisotopic (exact) mass is 413 g/mol. The van der Waals surface area contributed by atoms with E-state index in [2.05, 4.69) is 16.9 Å². The van der Waals surface area contributed by atoms with E-state index in [1.54, 1.807) is 78.9 Å². The molecule has 0 saturated heterocycles. The summed E-state index contributed by atoms with van der Waals surface area (Å²) in [5.41, 5.74) is 6.64. The number of hydrazine groups is 1. The Morgan fingerprint density at radius 3 is 2.16 bits per heavy atom. The van der Waals surface area contributed by atoms with Crippen LogP contribution in [0.4, 0.5) is 0 Å². The van der Waals surface area contributed by atoms with Gasteiger partial charge in [0.25, 0.3) is 11.8 Å². The van der Waals surface area contributed by atoms with Crippen molar-refractivity contribution in [1.29, 1.82) is 5.26 Å². The minimum absolute atomic E-state index is 0.221. The molecule has 0 unspecified atom stereocenters. The molecule has 154 valence electrons. The minimum Gasteiger partial charge on any atom is -0.449 e. The molecule has 1 atom stereocenters. The topological polar surface area (TPSA) is 108 Å². The molecule has 0 aliphatic heterocycles. The molecule has 0 aliphatic carbocycles. The van der Waals surface area contributed by atoms with Gasteiger partial charge in [0.1, 0.15) is 0 Å². The molecular weight excluding hydrogens is 394 g/mol. The van der Waals surface area contributed by atoms with Crippen LogP contribution in [0.5, 0.6) is 0 Å². The Kier molecular flexibility index (Phi) is 6.76. The maximum atomic E-state index is 12.7. The number of esters is 1. The second-order valence-electron chi connectivity index (χ2n) is 6.56. The third-order valence-electron chi connectivity index (χ3n) is 4.47. The Balaban J connectivity index is 1.68. The van der Waals surface area contributed by atoms with Gasteiger partial charge in [0.15, 0.2) is 6.10 Å². The summed E-state index contributed by atoms with van der Waals surface area (Å²) in [5.74, 6) is -1.90. The van der Waals surface area contributed by atoms with E-state index in [-0.39, 0.29) is 5.56 Å². The van der Waals surface area contributed by atoms with Crippen LogP contribution in [0.2, 0.25) is 0 Å². The SMILES string of the molecule is C[C@@H](OC(=O)c1ccccc1-c1ccccc1C#N)C(=O)NNC(=O)c1ccccc1. The van der Waals surface area contributed by atoms with Crippen LogP contribution >= 0.6 is 0 Å². The number of nitriles is 1. The van der Waals surface area contributed by atoms with E-state index >= 15 is 0 Å². The van der Waals surface area contributed by atoms with Crippen molar-refractivity contribution in [3.8, 4) is 17.2 Å². The third-order valence-corrected chi connectivity index (χ3v) is 4.47. The standard InChI is InChI=1S/C24H19N3O4/c1-16(22(28)26-27-23(29)17-9-3-2-4-10-17)31-24(30)21-14-8-7-13-20(21)19-12-6-5-11-18(19)15-25/h2-14,16H,1H3,(H,26,28)(H,27,29)/t16-/m1/s1. The molecule has 0 bridgehead atoms. The maximum absolute atomic E-state index is 12.7. The van der Waals surface area contributed by atoms with E-state index < -0.39 is 23.9 Å². The zero-order valence-electron chi connectivity index (χ0n) is 16.7. The van der Waals surface area contributed by atoms with E-state index in [9.17, 15) is 19.6 Å². The number of hydrogen-bond donors (Lipinski definition) is 2. The van der Waals surface area contributed by atoms with Crippen LogP contribution in [0.25, 0.3) is 11.1 Å². The average molecular weight is 413 g/mol. The quantitative estimate of drug-likeness (QED) is 0.493. The second-order valence-corrected chi connectivity index (χ2v) is 6.56. The summed E-state index contributed by atoms with van der Waals surface area (Å²) in [4.78, 5) is 37.0. The summed E-state index contributed by atoms with van der Waals surface area (Å²) in [6.45, 7) is 1.40. The first-order chi connectivity index (χ1) is 15.0. The first-order valence-electron chi connectivity index (χ1n) is 9.46. The van der Waals surface area contributed by atoms with Gasteiger partial charge in [-0.1, -0.05) is 54.6 Å². The molecule has 3 aromatic rings. The first kappa shape index (κ1) is 21.3. The molecule has 3 aromatic carbocycles. The van der Waals surface area contributed by atoms with Crippen molar-refractivity contribution in [2.24, 2.45) is 0 Å². The lowest BCUT2D eigenvalue weighted by molar-refractivity contribution is -0.129. The number of benzene rings is 3. The Morgan fingerprint density at radius 1 is 0.839 bits per heavy atom. The molecule has 0 aromatic heterocycles. The van der Waals surface area contributed by atoms with Gasteiger partial charge in [-0.2, -0.15) is 5.26 Å². The molecule has 7 heteroatoms. The molecule has 0 radical (unpaired) electrons. The number of nitrogens with zero attached hydrogens (tertiary/aromatic N) is 1. The van der Waals surface area contributed by atoms with Crippen LogP contribution in [0, 0.1) is 11.3 Å². The second kappa shape index (κ2) is 9.85. The maximum Gasteiger partial charge on any atom is 0.339 e. The minimum atomic E-state index is -1.16. The highest BCUT2D eigenvalue weighted by atomic mass is 16.5. The Bertz CT molecular complexity index is 1150. The van der Waals surface area contributed by atoms with E-state index in [0.717, 1.165) is 0 Å². The molecule has 2 amide bonds. The Labute approximate surface area is 179 Å². The van der Waals surface area contributed by atoms with Crippen molar-refractivity contribution in [1.82, 2.24) is 10.9 Å². The van der Waals surface area contributed by atoms with Gasteiger partial charge in [-0.15, -0.1) is 0 Å². The normalized spacial score (nSPS) is 11.0. The van der Waals surface area contributed by atoms with Crippen LogP contribution in [-0.4, -0.2) is 23.9 Å². The Hall–Kier alpha value is -4.44. The Morgan fingerprint density at radius 2 is 1.45 bits per heavy atom. The zero-order valence-corrected chi connectivity index (χ0v) is 16.7. The number of carbonyl (C=O) groups excluding carboxylic acids is 3.